The van der Waals surface area contributed by atoms with Gasteiger partial charge in [-0.15, -0.1) is 0 Å². The minimum atomic E-state index is -1.00. The lowest BCUT2D eigenvalue weighted by molar-refractivity contribution is -0.394. The molecule has 0 bridgehead atoms. The van der Waals surface area contributed by atoms with Crippen LogP contribution < -0.4 is 0 Å². The Bertz CT molecular complexity index is 1070. The van der Waals surface area contributed by atoms with Gasteiger partial charge in [0.05, 0.1) is 54.2 Å². The average Bonchev–Trinajstić information content (AvgIpc) is 2.59. The lowest BCUT2D eigenvalue weighted by Crippen LogP contribution is -2.01. The smallest absolute Gasteiger partial charge is 0.258 e. The van der Waals surface area contributed by atoms with Gasteiger partial charge in [0.25, 0.3) is 17.1 Å². The molecule has 0 radical (unpaired) electrons. The largest absolute Gasteiger partial charge is 0.285 e. The summed E-state index contributed by atoms with van der Waals surface area (Å²) >= 11 is 5.93. The van der Waals surface area contributed by atoms with Crippen LogP contribution in [-0.4, -0.2) is 14.8 Å². The van der Waals surface area contributed by atoms with Gasteiger partial charge >= 0.3 is 0 Å². The zero-order chi connectivity index (χ0) is 19.6. The SMILES string of the molecule is N#Cc1cc(C#N)c(-c2c(Cl)cc([N+](=O)[O-])cc2[N+](=O)[O-])c([N+](=O)[O-])c1. The van der Waals surface area contributed by atoms with E-state index in [1.807, 2.05) is 0 Å². The molecule has 0 aliphatic rings. The summed E-state index contributed by atoms with van der Waals surface area (Å²) in [6.45, 7) is 0. The van der Waals surface area contributed by atoms with Crippen LogP contribution in [0.15, 0.2) is 24.3 Å². The fraction of sp³-hybridized carbons (Fsp3) is 0. The molecule has 2 aromatic carbocycles. The topological polar surface area (TPSA) is 177 Å². The van der Waals surface area contributed by atoms with Crippen molar-refractivity contribution < 1.29 is 14.8 Å². The van der Waals surface area contributed by atoms with Gasteiger partial charge in [0.15, 0.2) is 0 Å². The maximum absolute atomic E-state index is 11.4. The molecule has 0 unspecified atom stereocenters. The first-order chi connectivity index (χ1) is 12.2. The Labute approximate surface area is 148 Å². The van der Waals surface area contributed by atoms with Gasteiger partial charge < -0.3 is 0 Å². The summed E-state index contributed by atoms with van der Waals surface area (Å²) in [6, 6.07) is 6.47. The van der Waals surface area contributed by atoms with Gasteiger partial charge in [-0.3, -0.25) is 30.3 Å². The van der Waals surface area contributed by atoms with E-state index in [2.05, 4.69) is 0 Å². The fourth-order valence-electron chi connectivity index (χ4n) is 2.26. The van der Waals surface area contributed by atoms with E-state index in [4.69, 9.17) is 16.9 Å². The van der Waals surface area contributed by atoms with E-state index in [-0.39, 0.29) is 5.56 Å². The van der Waals surface area contributed by atoms with E-state index in [0.717, 1.165) is 18.2 Å². The van der Waals surface area contributed by atoms with Crippen LogP contribution in [0.2, 0.25) is 5.02 Å². The van der Waals surface area contributed by atoms with Crippen LogP contribution in [0, 0.1) is 53.0 Å². The average molecular weight is 374 g/mol. The van der Waals surface area contributed by atoms with Gasteiger partial charge in [-0.05, 0) is 6.07 Å². The highest BCUT2D eigenvalue weighted by Crippen LogP contribution is 2.45. The molecule has 0 heterocycles. The van der Waals surface area contributed by atoms with Crippen molar-refractivity contribution in [1.29, 1.82) is 10.5 Å². The second-order valence-corrected chi connectivity index (χ2v) is 5.14. The molecule has 0 spiro atoms. The summed E-state index contributed by atoms with van der Waals surface area (Å²) in [6.07, 6.45) is 0. The Morgan fingerprint density at radius 1 is 0.808 bits per heavy atom. The second kappa shape index (κ2) is 6.80. The number of rotatable bonds is 4. The summed E-state index contributed by atoms with van der Waals surface area (Å²) in [5.74, 6) is 0. The number of non-ortho nitro benzene ring substituents is 1. The van der Waals surface area contributed by atoms with Crippen LogP contribution in [0.4, 0.5) is 17.1 Å². The van der Waals surface area contributed by atoms with Crippen molar-refractivity contribution in [2.24, 2.45) is 0 Å². The first-order valence-electron chi connectivity index (χ1n) is 6.46. The number of halogens is 1. The van der Waals surface area contributed by atoms with E-state index in [9.17, 15) is 35.6 Å². The molecule has 0 aromatic heterocycles. The molecule has 128 valence electrons. The number of nitrogens with zero attached hydrogens (tertiary/aromatic N) is 5. The highest BCUT2D eigenvalue weighted by molar-refractivity contribution is 6.34. The lowest BCUT2D eigenvalue weighted by atomic mass is 9.94. The van der Waals surface area contributed by atoms with Crippen molar-refractivity contribution in [1.82, 2.24) is 0 Å². The van der Waals surface area contributed by atoms with E-state index >= 15 is 0 Å². The normalized spacial score (nSPS) is 9.81. The summed E-state index contributed by atoms with van der Waals surface area (Å²) in [5, 5.41) is 51.3. The molecule has 0 saturated heterocycles. The molecule has 0 aliphatic heterocycles. The van der Waals surface area contributed by atoms with Gasteiger partial charge in [-0.1, -0.05) is 11.6 Å². The zero-order valence-corrected chi connectivity index (χ0v) is 13.1. The van der Waals surface area contributed by atoms with E-state index < -0.39 is 53.5 Å². The van der Waals surface area contributed by atoms with Crippen molar-refractivity contribution in [2.45, 2.75) is 0 Å². The molecule has 0 N–H and O–H groups in total. The highest BCUT2D eigenvalue weighted by atomic mass is 35.5. The number of hydrogen-bond donors (Lipinski definition) is 0. The Kier molecular flexibility index (Phi) is 4.77. The molecule has 12 heteroatoms. The zero-order valence-electron chi connectivity index (χ0n) is 12.4. The fourth-order valence-corrected chi connectivity index (χ4v) is 2.56. The number of benzene rings is 2. The minimum absolute atomic E-state index is 0.210. The number of nitro benzene ring substituents is 3. The van der Waals surface area contributed by atoms with E-state index in [1.54, 1.807) is 12.1 Å². The van der Waals surface area contributed by atoms with Crippen molar-refractivity contribution >= 4 is 28.7 Å². The summed E-state index contributed by atoms with van der Waals surface area (Å²) in [4.78, 5) is 30.7. The summed E-state index contributed by atoms with van der Waals surface area (Å²) in [5.41, 5.74) is -3.97. The van der Waals surface area contributed by atoms with E-state index in [0.29, 0.717) is 6.07 Å². The quantitative estimate of drug-likeness (QED) is 0.577. The molecule has 0 atom stereocenters. The molecule has 2 aromatic rings. The predicted octanol–water partition coefficient (Wildman–Crippen LogP) is 3.47. The van der Waals surface area contributed by atoms with Gasteiger partial charge in [0.2, 0.25) is 0 Å². The molecule has 2 rings (SSSR count). The molecule has 26 heavy (non-hydrogen) atoms. The van der Waals surface area contributed by atoms with Crippen LogP contribution in [0.1, 0.15) is 11.1 Å². The number of nitriles is 2. The third kappa shape index (κ3) is 3.10. The maximum atomic E-state index is 11.4. The predicted molar refractivity (Wildman–Crippen MR) is 86.3 cm³/mol. The van der Waals surface area contributed by atoms with Crippen LogP contribution in [0.3, 0.4) is 0 Å². The summed E-state index contributed by atoms with van der Waals surface area (Å²) < 4.78 is 0. The van der Waals surface area contributed by atoms with Crippen LogP contribution in [0.5, 0.6) is 0 Å². The summed E-state index contributed by atoms with van der Waals surface area (Å²) in [7, 11) is 0. The van der Waals surface area contributed by atoms with Crippen molar-refractivity contribution in [2.75, 3.05) is 0 Å². The van der Waals surface area contributed by atoms with Crippen LogP contribution >= 0.6 is 11.6 Å². The molecule has 11 nitrogen and oxygen atoms in total. The van der Waals surface area contributed by atoms with Crippen molar-refractivity contribution in [3.05, 3.63) is 70.8 Å². The maximum Gasteiger partial charge on any atom is 0.285 e. The molecule has 0 fully saturated rings. The van der Waals surface area contributed by atoms with Gasteiger partial charge in [0.1, 0.15) is 6.07 Å². The Morgan fingerprint density at radius 2 is 1.38 bits per heavy atom. The molecule has 0 amide bonds. The first-order valence-corrected chi connectivity index (χ1v) is 6.84. The third-order valence-corrected chi connectivity index (χ3v) is 3.57. The second-order valence-electron chi connectivity index (χ2n) is 4.73. The standard InChI is InChI=1S/C14H4ClN5O6/c15-10-3-9(18(21)22)4-12(20(25)26)14(10)13-8(6-17)1-7(5-16)2-11(13)19(23)24/h1-4H. The van der Waals surface area contributed by atoms with Crippen LogP contribution in [-0.2, 0) is 0 Å². The Hall–Kier alpha value is -4.09. The lowest BCUT2D eigenvalue weighted by Gasteiger charge is -2.09. The molecular weight excluding hydrogens is 370 g/mol. The Balaban J connectivity index is 3.04. The monoisotopic (exact) mass is 373 g/mol. The van der Waals surface area contributed by atoms with Crippen LogP contribution in [0.25, 0.3) is 11.1 Å². The van der Waals surface area contributed by atoms with Crippen molar-refractivity contribution in [3.8, 4) is 23.3 Å². The van der Waals surface area contributed by atoms with Gasteiger partial charge in [-0.2, -0.15) is 10.5 Å². The van der Waals surface area contributed by atoms with Gasteiger partial charge in [-0.25, -0.2) is 0 Å². The molecule has 0 aliphatic carbocycles. The van der Waals surface area contributed by atoms with Crippen molar-refractivity contribution in [3.63, 3.8) is 0 Å². The third-order valence-electron chi connectivity index (χ3n) is 3.28. The minimum Gasteiger partial charge on any atom is -0.258 e. The van der Waals surface area contributed by atoms with Gasteiger partial charge in [0, 0.05) is 12.1 Å². The number of nitro groups is 3. The number of hydrogen-bond acceptors (Lipinski definition) is 8. The van der Waals surface area contributed by atoms with E-state index in [1.165, 1.54) is 0 Å². The Morgan fingerprint density at radius 3 is 1.85 bits per heavy atom. The first kappa shape index (κ1) is 18.3. The highest BCUT2D eigenvalue weighted by Gasteiger charge is 2.32. The molecular formula is C14H4ClN5O6. The molecule has 0 saturated carbocycles.